The molecule has 1 aliphatic rings. The molecule has 2 aromatic carbocycles. The summed E-state index contributed by atoms with van der Waals surface area (Å²) in [5.74, 6) is 0.534. The van der Waals surface area contributed by atoms with Crippen molar-refractivity contribution in [3.63, 3.8) is 0 Å². The van der Waals surface area contributed by atoms with Gasteiger partial charge in [-0.15, -0.1) is 6.58 Å². The van der Waals surface area contributed by atoms with Crippen molar-refractivity contribution < 1.29 is 35.8 Å². The second kappa shape index (κ2) is 11.7. The van der Waals surface area contributed by atoms with Crippen LogP contribution in [0.2, 0.25) is 0 Å². The number of aliphatic hydroxyl groups is 2. The molecule has 2 heterocycles. The van der Waals surface area contributed by atoms with Crippen LogP contribution in [0.3, 0.4) is 0 Å². The van der Waals surface area contributed by atoms with E-state index in [0.29, 0.717) is 38.0 Å². The SMILES string of the molecule is C=CCc1cc(-c2oc3c(C(C)NC4=C(C(O)O)[I-]C=C(C)C=C4)cc(C)cc3c(=O)c2C)ccc1C=C. The third-order valence-corrected chi connectivity index (χ3v) is 9.66. The molecule has 0 radical (unpaired) electrons. The normalized spacial score (nSPS) is 14.7. The number of rotatable bonds is 8. The molecule has 0 bridgehead atoms. The monoisotopic (exact) mass is 622 g/mol. The van der Waals surface area contributed by atoms with Crippen LogP contribution in [0.15, 0.2) is 89.9 Å². The molecule has 6 heteroatoms. The van der Waals surface area contributed by atoms with Gasteiger partial charge >= 0.3 is 209 Å². The van der Waals surface area contributed by atoms with Crippen LogP contribution < -0.4 is 32.0 Å². The van der Waals surface area contributed by atoms with Gasteiger partial charge in [-0.1, -0.05) is 18.7 Å². The Morgan fingerprint density at radius 2 is 1.87 bits per heavy atom. The summed E-state index contributed by atoms with van der Waals surface area (Å²) in [4.78, 5) is 13.6. The molecule has 3 aromatic rings. The minimum Gasteiger partial charge on any atom is -0.0985 e. The zero-order chi connectivity index (χ0) is 27.6. The van der Waals surface area contributed by atoms with E-state index in [1.165, 1.54) is 0 Å². The van der Waals surface area contributed by atoms with E-state index in [2.05, 4.69) is 22.6 Å². The van der Waals surface area contributed by atoms with Crippen LogP contribution in [0.25, 0.3) is 28.4 Å². The van der Waals surface area contributed by atoms with Crippen molar-refractivity contribution in [2.24, 2.45) is 0 Å². The Morgan fingerprint density at radius 3 is 2.55 bits per heavy atom. The molecule has 0 amide bonds. The van der Waals surface area contributed by atoms with Gasteiger partial charge in [-0.3, -0.25) is 0 Å². The number of nitrogens with one attached hydrogen (secondary N) is 1. The number of hydrogen-bond donors (Lipinski definition) is 3. The fraction of sp³-hybridized carbons (Fsp3) is 0.219. The predicted molar refractivity (Wildman–Crippen MR) is 151 cm³/mol. The summed E-state index contributed by atoms with van der Waals surface area (Å²) in [7, 11) is 0. The van der Waals surface area contributed by atoms with Crippen molar-refractivity contribution in [2.45, 2.75) is 46.4 Å². The number of allylic oxidation sites excluding steroid dienone is 4. The van der Waals surface area contributed by atoms with E-state index in [4.69, 9.17) is 4.42 Å². The van der Waals surface area contributed by atoms with Crippen LogP contribution in [-0.4, -0.2) is 16.5 Å². The van der Waals surface area contributed by atoms with E-state index < -0.39 is 27.5 Å². The topological polar surface area (TPSA) is 82.7 Å². The second-order valence-electron chi connectivity index (χ2n) is 9.52. The first-order valence-electron chi connectivity index (χ1n) is 12.4. The molecule has 198 valence electrons. The minimum atomic E-state index is -1.53. The van der Waals surface area contributed by atoms with E-state index in [-0.39, 0.29) is 11.5 Å². The fourth-order valence-electron chi connectivity index (χ4n) is 4.60. The van der Waals surface area contributed by atoms with Crippen LogP contribution in [-0.2, 0) is 6.42 Å². The van der Waals surface area contributed by atoms with Gasteiger partial charge < -0.3 is 0 Å². The van der Waals surface area contributed by atoms with Crippen molar-refractivity contribution in [1.82, 2.24) is 5.32 Å². The van der Waals surface area contributed by atoms with Crippen LogP contribution in [0.5, 0.6) is 0 Å². The summed E-state index contributed by atoms with van der Waals surface area (Å²) >= 11 is -0.695. The van der Waals surface area contributed by atoms with Gasteiger partial charge in [-0.2, -0.15) is 0 Å². The number of benzene rings is 2. The average Bonchev–Trinajstić information content (AvgIpc) is 3.07. The number of hydrogen-bond acceptors (Lipinski definition) is 5. The van der Waals surface area contributed by atoms with Gasteiger partial charge in [0.2, 0.25) is 0 Å². The maximum atomic E-state index is 13.6. The quantitative estimate of drug-likeness (QED) is 0.204. The van der Waals surface area contributed by atoms with Crippen molar-refractivity contribution in [2.75, 3.05) is 0 Å². The summed E-state index contributed by atoms with van der Waals surface area (Å²) in [6.45, 7) is 15.5. The smallest absolute Gasteiger partial charge is 0.0985 e. The van der Waals surface area contributed by atoms with Gasteiger partial charge in [0.15, 0.2) is 0 Å². The third kappa shape index (κ3) is 5.62. The molecule has 0 aliphatic carbocycles. The Morgan fingerprint density at radius 1 is 1.11 bits per heavy atom. The molecular weight excluding hydrogens is 589 g/mol. The number of aryl methyl sites for hydroxylation is 1. The molecule has 1 aliphatic heterocycles. The molecule has 1 aromatic heterocycles. The second-order valence-corrected chi connectivity index (χ2v) is 11.9. The standard InChI is InChI=1S/C32H33INO4/c1-7-9-23-16-24(12-11-22(23)8-2)30-20(5)29(35)26-15-19(4)14-25(31(26)38-30)21(6)34-27-13-10-18(3)17-33-28(27)32(36)37/h7-8,10-17,21,32,34,36-37H,1-2,9H2,3-6H3/q-1. The molecule has 1 atom stereocenters. The van der Waals surface area contributed by atoms with Crippen LogP contribution in [0, 0.1) is 13.8 Å². The molecule has 5 nitrogen and oxygen atoms in total. The summed E-state index contributed by atoms with van der Waals surface area (Å²) in [5.41, 5.74) is 7.45. The maximum absolute atomic E-state index is 13.6. The van der Waals surface area contributed by atoms with E-state index in [1.807, 2.05) is 75.4 Å². The summed E-state index contributed by atoms with van der Waals surface area (Å²) in [6.07, 6.45) is 6.65. The first kappa shape index (κ1) is 27.8. The van der Waals surface area contributed by atoms with Gasteiger partial charge in [-0.05, 0) is 0 Å². The molecule has 0 saturated heterocycles. The van der Waals surface area contributed by atoms with Crippen LogP contribution >= 0.6 is 0 Å². The number of aliphatic hydroxyl groups excluding tert-OH is 1. The fourth-order valence-corrected chi connectivity index (χ4v) is 6.63. The van der Waals surface area contributed by atoms with Crippen molar-refractivity contribution in [1.29, 1.82) is 0 Å². The van der Waals surface area contributed by atoms with Gasteiger partial charge in [0.05, 0.1) is 0 Å². The number of fused-ring (bicyclic) bond motifs is 1. The number of halogens is 1. The van der Waals surface area contributed by atoms with E-state index in [9.17, 15) is 15.0 Å². The van der Waals surface area contributed by atoms with E-state index >= 15 is 0 Å². The first-order chi connectivity index (χ1) is 18.1. The molecule has 3 N–H and O–H groups in total. The zero-order valence-corrected chi connectivity index (χ0v) is 24.3. The Balaban J connectivity index is 1.88. The Bertz CT molecular complexity index is 1570. The summed E-state index contributed by atoms with van der Waals surface area (Å²) < 4.78 is 9.21. The molecule has 0 saturated carbocycles. The molecule has 0 fully saturated rings. The van der Waals surface area contributed by atoms with Crippen LogP contribution in [0.4, 0.5) is 0 Å². The summed E-state index contributed by atoms with van der Waals surface area (Å²) in [5, 5.41) is 24.1. The molecule has 4 rings (SSSR count). The van der Waals surface area contributed by atoms with Crippen molar-refractivity contribution in [3.8, 4) is 11.3 Å². The Labute approximate surface area is 233 Å². The van der Waals surface area contributed by atoms with Crippen molar-refractivity contribution >= 4 is 17.0 Å². The van der Waals surface area contributed by atoms with Crippen molar-refractivity contribution in [3.05, 3.63) is 119 Å². The molecular formula is C32H33INO4-. The summed E-state index contributed by atoms with van der Waals surface area (Å²) in [6, 6.07) is 9.57. The Kier molecular flexibility index (Phi) is 8.55. The predicted octanol–water partition coefficient (Wildman–Crippen LogP) is 3.18. The molecule has 38 heavy (non-hydrogen) atoms. The first-order valence-corrected chi connectivity index (χ1v) is 14.8. The van der Waals surface area contributed by atoms with Gasteiger partial charge in [0.25, 0.3) is 0 Å². The van der Waals surface area contributed by atoms with E-state index in [0.717, 1.165) is 33.4 Å². The zero-order valence-electron chi connectivity index (χ0n) is 22.1. The molecule has 0 spiro atoms. The van der Waals surface area contributed by atoms with Gasteiger partial charge in [-0.25, -0.2) is 0 Å². The third-order valence-electron chi connectivity index (χ3n) is 6.56. The minimum absolute atomic E-state index is 0.0674. The van der Waals surface area contributed by atoms with Gasteiger partial charge in [0, 0.05) is 0 Å². The van der Waals surface area contributed by atoms with E-state index in [1.54, 1.807) is 6.92 Å². The molecule has 1 unspecified atom stereocenters. The van der Waals surface area contributed by atoms with Gasteiger partial charge in [0.1, 0.15) is 0 Å². The average molecular weight is 623 g/mol. The Hall–Kier alpha value is -3.20. The van der Waals surface area contributed by atoms with Crippen LogP contribution in [0.1, 0.15) is 47.7 Å².